The Balaban J connectivity index is 1.99. The molecule has 0 aliphatic rings. The van der Waals surface area contributed by atoms with Gasteiger partial charge in [0.25, 0.3) is 0 Å². The van der Waals surface area contributed by atoms with Gasteiger partial charge in [-0.25, -0.2) is 0 Å². The Morgan fingerprint density at radius 2 is 1.78 bits per heavy atom. The number of hydrogen-bond donors (Lipinski definition) is 2. The maximum Gasteiger partial charge on any atom is 0.180 e. The van der Waals surface area contributed by atoms with Gasteiger partial charge in [-0.1, -0.05) is 24.3 Å². The summed E-state index contributed by atoms with van der Waals surface area (Å²) < 4.78 is 5.36. The summed E-state index contributed by atoms with van der Waals surface area (Å²) >= 11 is 0. The van der Waals surface area contributed by atoms with Crippen LogP contribution in [0.3, 0.4) is 0 Å². The Morgan fingerprint density at radius 3 is 2.48 bits per heavy atom. The molecule has 7 heteroatoms. The van der Waals surface area contributed by atoms with Gasteiger partial charge in [-0.15, -0.1) is 10.2 Å². The minimum Gasteiger partial charge on any atom is -0.497 e. The van der Waals surface area contributed by atoms with Gasteiger partial charge >= 0.3 is 0 Å². The smallest absolute Gasteiger partial charge is 0.180 e. The van der Waals surface area contributed by atoms with E-state index in [-0.39, 0.29) is 0 Å². The van der Waals surface area contributed by atoms with Crippen LogP contribution in [0.4, 0.5) is 11.5 Å². The van der Waals surface area contributed by atoms with Crippen molar-refractivity contribution in [3.05, 3.63) is 48.5 Å². The van der Waals surface area contributed by atoms with E-state index in [0.29, 0.717) is 11.5 Å². The highest BCUT2D eigenvalue weighted by atomic mass is 16.5. The highest BCUT2D eigenvalue weighted by Crippen LogP contribution is 2.38. The second-order valence-corrected chi connectivity index (χ2v) is 6.43. The fourth-order valence-corrected chi connectivity index (χ4v) is 3.11. The summed E-state index contributed by atoms with van der Waals surface area (Å²) in [5, 5.41) is 16.5. The molecule has 0 unspecified atom stereocenters. The van der Waals surface area contributed by atoms with E-state index in [9.17, 15) is 0 Å². The maximum atomic E-state index is 6.15. The summed E-state index contributed by atoms with van der Waals surface area (Å²) in [6.45, 7) is 0. The summed E-state index contributed by atoms with van der Waals surface area (Å²) in [6, 6.07) is 16.0. The van der Waals surface area contributed by atoms with E-state index in [1.54, 1.807) is 7.11 Å². The number of nitrogen functional groups attached to an aromatic ring is 1. The average molecular weight is 360 g/mol. The van der Waals surface area contributed by atoms with E-state index in [1.807, 2.05) is 38.4 Å². The van der Waals surface area contributed by atoms with Crippen LogP contribution in [0.1, 0.15) is 0 Å². The van der Waals surface area contributed by atoms with Crippen molar-refractivity contribution < 1.29 is 4.74 Å². The van der Waals surface area contributed by atoms with Crippen molar-refractivity contribution in [1.29, 1.82) is 0 Å². The van der Waals surface area contributed by atoms with E-state index >= 15 is 0 Å². The maximum absolute atomic E-state index is 6.15. The zero-order valence-electron chi connectivity index (χ0n) is 15.4. The first-order valence-corrected chi connectivity index (χ1v) is 8.51. The molecule has 4 rings (SSSR count). The summed E-state index contributed by atoms with van der Waals surface area (Å²) in [6.07, 6.45) is 0. The van der Waals surface area contributed by atoms with Gasteiger partial charge in [-0.3, -0.25) is 5.10 Å². The number of methoxy groups -OCH3 is 1. The van der Waals surface area contributed by atoms with Crippen LogP contribution in [-0.2, 0) is 0 Å². The molecule has 0 saturated heterocycles. The van der Waals surface area contributed by atoms with Crippen molar-refractivity contribution in [3.8, 4) is 28.1 Å². The zero-order valence-corrected chi connectivity index (χ0v) is 15.4. The van der Waals surface area contributed by atoms with Crippen LogP contribution in [0, 0.1) is 0 Å². The summed E-state index contributed by atoms with van der Waals surface area (Å²) in [5.41, 5.74) is 11.3. The van der Waals surface area contributed by atoms with Crippen LogP contribution in [0.15, 0.2) is 48.5 Å². The number of anilines is 2. The lowest BCUT2D eigenvalue weighted by molar-refractivity contribution is 0.415. The predicted octanol–water partition coefficient (Wildman–Crippen LogP) is 3.34. The number of nitrogens with one attached hydrogen (secondary N) is 1. The predicted molar refractivity (Wildman–Crippen MR) is 108 cm³/mol. The Bertz CT molecular complexity index is 1100. The highest BCUT2D eigenvalue weighted by Gasteiger charge is 2.19. The van der Waals surface area contributed by atoms with Crippen LogP contribution < -0.4 is 15.4 Å². The summed E-state index contributed by atoms with van der Waals surface area (Å²) in [5.74, 6) is 1.15. The first-order valence-electron chi connectivity index (χ1n) is 8.51. The molecule has 2 heterocycles. The number of ether oxygens (including phenoxy) is 1. The topological polar surface area (TPSA) is 93.0 Å². The highest BCUT2D eigenvalue weighted by molar-refractivity contribution is 6.04. The molecule has 7 nitrogen and oxygen atoms in total. The van der Waals surface area contributed by atoms with Gasteiger partial charge in [0.2, 0.25) is 0 Å². The Kier molecular flexibility index (Phi) is 4.12. The number of nitrogens with zero attached hydrogens (tertiary/aromatic N) is 4. The van der Waals surface area contributed by atoms with Crippen LogP contribution in [0.2, 0.25) is 0 Å². The van der Waals surface area contributed by atoms with Crippen molar-refractivity contribution in [2.75, 3.05) is 31.8 Å². The van der Waals surface area contributed by atoms with Gasteiger partial charge in [0.05, 0.1) is 12.5 Å². The molecule has 0 fully saturated rings. The first-order chi connectivity index (χ1) is 13.1. The van der Waals surface area contributed by atoms with Gasteiger partial charge in [0, 0.05) is 30.9 Å². The second-order valence-electron chi connectivity index (χ2n) is 6.43. The van der Waals surface area contributed by atoms with E-state index in [0.717, 1.165) is 39.2 Å². The average Bonchev–Trinajstić information content (AvgIpc) is 3.08. The molecule has 4 aromatic rings. The third kappa shape index (κ3) is 2.93. The largest absolute Gasteiger partial charge is 0.497 e. The molecule has 136 valence electrons. The van der Waals surface area contributed by atoms with Crippen LogP contribution >= 0.6 is 0 Å². The van der Waals surface area contributed by atoms with Gasteiger partial charge < -0.3 is 15.4 Å². The van der Waals surface area contributed by atoms with Crippen LogP contribution in [0.25, 0.3) is 33.4 Å². The van der Waals surface area contributed by atoms with Gasteiger partial charge in [-0.2, -0.15) is 5.10 Å². The molecule has 0 saturated carbocycles. The van der Waals surface area contributed by atoms with E-state index < -0.39 is 0 Å². The lowest BCUT2D eigenvalue weighted by Gasteiger charge is -2.14. The van der Waals surface area contributed by atoms with Gasteiger partial charge in [0.15, 0.2) is 11.5 Å². The first kappa shape index (κ1) is 16.8. The lowest BCUT2D eigenvalue weighted by Crippen LogP contribution is -2.08. The molecule has 0 bridgehead atoms. The Labute approximate surface area is 156 Å². The molecule has 0 aliphatic heterocycles. The molecule has 3 N–H and O–H groups in total. The lowest BCUT2D eigenvalue weighted by atomic mass is 9.97. The molecule has 0 radical (unpaired) electrons. The minimum atomic E-state index is 0.399. The van der Waals surface area contributed by atoms with E-state index in [1.165, 1.54) is 0 Å². The number of aromatic nitrogens is 4. The molecule has 0 aliphatic carbocycles. The SMILES string of the molecule is COc1cccc(-c2nnc3[nH]nc(N)c3c2-c2ccc(N(C)C)cc2)c1. The molecule has 0 spiro atoms. The third-order valence-corrected chi connectivity index (χ3v) is 4.53. The summed E-state index contributed by atoms with van der Waals surface area (Å²) in [7, 11) is 5.66. The monoisotopic (exact) mass is 360 g/mol. The fourth-order valence-electron chi connectivity index (χ4n) is 3.11. The number of hydrogen-bond acceptors (Lipinski definition) is 6. The number of benzene rings is 2. The molecular formula is C20H20N6O. The zero-order chi connectivity index (χ0) is 19.0. The van der Waals surface area contributed by atoms with Crippen LogP contribution in [0.5, 0.6) is 5.75 Å². The quantitative estimate of drug-likeness (QED) is 0.580. The number of aromatic amines is 1. The normalized spacial score (nSPS) is 10.9. The standard InChI is InChI=1S/C20H20N6O/c1-26(2)14-9-7-12(8-10-14)16-17-19(21)23-25-20(17)24-22-18(16)13-5-4-6-15(11-13)27-3/h4-11H,1-3H3,(H3,21,23,24,25). The molecule has 27 heavy (non-hydrogen) atoms. The van der Waals surface area contributed by atoms with Gasteiger partial charge in [-0.05, 0) is 29.8 Å². The number of rotatable bonds is 4. The molecule has 2 aromatic heterocycles. The second kappa shape index (κ2) is 6.60. The van der Waals surface area contributed by atoms with E-state index in [4.69, 9.17) is 10.5 Å². The van der Waals surface area contributed by atoms with Crippen LogP contribution in [-0.4, -0.2) is 41.6 Å². The Morgan fingerprint density at radius 1 is 1.00 bits per heavy atom. The van der Waals surface area contributed by atoms with E-state index in [2.05, 4.69) is 49.6 Å². The number of fused-ring (bicyclic) bond motifs is 1. The van der Waals surface area contributed by atoms with Gasteiger partial charge in [0.1, 0.15) is 11.4 Å². The van der Waals surface area contributed by atoms with Crippen molar-refractivity contribution in [3.63, 3.8) is 0 Å². The van der Waals surface area contributed by atoms with Crippen molar-refractivity contribution in [1.82, 2.24) is 20.4 Å². The Hall–Kier alpha value is -3.61. The molecular weight excluding hydrogens is 340 g/mol. The summed E-state index contributed by atoms with van der Waals surface area (Å²) in [4.78, 5) is 2.05. The fraction of sp³-hybridized carbons (Fsp3) is 0.150. The molecule has 2 aromatic carbocycles. The molecule has 0 amide bonds. The number of H-pyrrole nitrogens is 1. The number of nitrogens with two attached hydrogens (primary N) is 1. The van der Waals surface area contributed by atoms with Crippen molar-refractivity contribution in [2.24, 2.45) is 0 Å². The molecule has 0 atom stereocenters. The van der Waals surface area contributed by atoms with Crippen molar-refractivity contribution in [2.45, 2.75) is 0 Å². The third-order valence-electron chi connectivity index (χ3n) is 4.53. The van der Waals surface area contributed by atoms with Crippen molar-refractivity contribution >= 4 is 22.5 Å². The minimum absolute atomic E-state index is 0.399.